The zero-order chi connectivity index (χ0) is 21.1. The fourth-order valence-corrected chi connectivity index (χ4v) is 3.56. The summed E-state index contributed by atoms with van der Waals surface area (Å²) < 4.78 is 10.8. The smallest absolute Gasteiger partial charge is 0.290 e. The van der Waals surface area contributed by atoms with Crippen LogP contribution in [-0.4, -0.2) is 33.3 Å². The third-order valence-corrected chi connectivity index (χ3v) is 4.88. The molecule has 0 spiro atoms. The predicted octanol–water partition coefficient (Wildman–Crippen LogP) is 3.85. The molecule has 7 nitrogen and oxygen atoms in total. The zero-order valence-corrected chi connectivity index (χ0v) is 16.3. The number of ketones is 1. The summed E-state index contributed by atoms with van der Waals surface area (Å²) in [6, 6.07) is 13.0. The van der Waals surface area contributed by atoms with Crippen LogP contribution in [0.2, 0.25) is 0 Å². The lowest BCUT2D eigenvalue weighted by atomic mass is 9.94. The Bertz CT molecular complexity index is 1090. The lowest BCUT2D eigenvalue weighted by Gasteiger charge is -2.27. The molecule has 1 atom stereocenters. The van der Waals surface area contributed by atoms with Gasteiger partial charge in [-0.3, -0.25) is 14.6 Å². The third kappa shape index (κ3) is 3.57. The summed E-state index contributed by atoms with van der Waals surface area (Å²) in [4.78, 5) is 31.6. The molecule has 1 aliphatic heterocycles. The van der Waals surface area contributed by atoms with E-state index in [0.717, 1.165) is 5.56 Å². The van der Waals surface area contributed by atoms with Gasteiger partial charge in [0.1, 0.15) is 5.75 Å². The molecule has 0 bridgehead atoms. The van der Waals surface area contributed by atoms with E-state index in [2.05, 4.69) is 4.98 Å². The number of amides is 1. The van der Waals surface area contributed by atoms with Crippen molar-refractivity contribution >= 4 is 11.7 Å². The molecule has 1 N–H and O–H groups in total. The molecule has 3 aromatic rings. The van der Waals surface area contributed by atoms with E-state index in [9.17, 15) is 14.7 Å². The normalized spacial score (nSPS) is 16.2. The molecule has 0 saturated carbocycles. The van der Waals surface area contributed by atoms with Gasteiger partial charge in [-0.1, -0.05) is 12.1 Å². The number of carbonyl (C=O) groups excluding carboxylic acids is 2. The lowest BCUT2D eigenvalue weighted by Crippen LogP contribution is -2.30. The number of Topliss-reactive ketones (excluding diaryl/α,β-unsaturated/α-hetero) is 1. The minimum atomic E-state index is -0.788. The van der Waals surface area contributed by atoms with Crippen LogP contribution in [0, 0.1) is 0 Å². The number of hydrogen-bond donors (Lipinski definition) is 1. The van der Waals surface area contributed by atoms with E-state index < -0.39 is 23.5 Å². The van der Waals surface area contributed by atoms with Gasteiger partial charge in [0.05, 0.1) is 24.5 Å². The summed E-state index contributed by atoms with van der Waals surface area (Å²) in [5, 5.41) is 10.7. The molecule has 7 heteroatoms. The van der Waals surface area contributed by atoms with Gasteiger partial charge in [0.25, 0.3) is 5.91 Å². The number of aromatic nitrogens is 1. The Labute approximate surface area is 173 Å². The van der Waals surface area contributed by atoms with Crippen LogP contribution in [-0.2, 0) is 11.3 Å². The van der Waals surface area contributed by atoms with Crippen LogP contribution >= 0.6 is 0 Å². The number of ether oxygens (including phenoxy) is 1. The summed E-state index contributed by atoms with van der Waals surface area (Å²) in [7, 11) is 0. The summed E-state index contributed by atoms with van der Waals surface area (Å²) in [6.45, 7) is 2.55. The average molecular weight is 404 g/mol. The molecule has 30 heavy (non-hydrogen) atoms. The molecular weight excluding hydrogens is 384 g/mol. The van der Waals surface area contributed by atoms with Gasteiger partial charge >= 0.3 is 0 Å². The number of nitrogens with zero attached hydrogens (tertiary/aromatic N) is 2. The molecule has 1 amide bonds. The topological polar surface area (TPSA) is 92.9 Å². The van der Waals surface area contributed by atoms with Crippen LogP contribution in [0.5, 0.6) is 5.75 Å². The van der Waals surface area contributed by atoms with Crippen molar-refractivity contribution in [3.05, 3.63) is 95.4 Å². The summed E-state index contributed by atoms with van der Waals surface area (Å²) in [6.07, 6.45) is 4.63. The van der Waals surface area contributed by atoms with Gasteiger partial charge in [0, 0.05) is 18.9 Å². The van der Waals surface area contributed by atoms with Crippen molar-refractivity contribution in [3.63, 3.8) is 0 Å². The Morgan fingerprint density at radius 2 is 2.00 bits per heavy atom. The number of aliphatic hydroxyl groups is 1. The second kappa shape index (κ2) is 8.24. The number of pyridine rings is 1. The van der Waals surface area contributed by atoms with Crippen molar-refractivity contribution in [2.45, 2.75) is 19.5 Å². The highest BCUT2D eigenvalue weighted by Crippen LogP contribution is 2.40. The molecule has 0 fully saturated rings. The molecule has 3 heterocycles. The summed E-state index contributed by atoms with van der Waals surface area (Å²) in [5.74, 6) is -1.05. The van der Waals surface area contributed by atoms with Crippen molar-refractivity contribution in [2.24, 2.45) is 0 Å². The molecule has 152 valence electrons. The van der Waals surface area contributed by atoms with Crippen LogP contribution in [0.4, 0.5) is 0 Å². The molecule has 1 aliphatic rings. The molecule has 1 aromatic carbocycles. The monoisotopic (exact) mass is 404 g/mol. The number of aliphatic hydroxyl groups excluding tert-OH is 1. The Kier molecular flexibility index (Phi) is 5.34. The van der Waals surface area contributed by atoms with E-state index >= 15 is 0 Å². The SMILES string of the molecule is CCOc1cccc([C@@H]2C(C(=O)c3ccco3)=C(O)C(=O)N2Cc2ccncc2)c1. The van der Waals surface area contributed by atoms with Gasteiger partial charge in [-0.2, -0.15) is 0 Å². The Morgan fingerprint density at radius 3 is 2.70 bits per heavy atom. The molecule has 0 saturated heterocycles. The van der Waals surface area contributed by atoms with Gasteiger partial charge in [-0.05, 0) is 54.4 Å². The van der Waals surface area contributed by atoms with Crippen LogP contribution in [0.1, 0.15) is 34.6 Å². The number of carbonyl (C=O) groups is 2. The zero-order valence-electron chi connectivity index (χ0n) is 16.3. The van der Waals surface area contributed by atoms with E-state index in [0.29, 0.717) is 17.9 Å². The first-order valence-electron chi connectivity index (χ1n) is 9.54. The first-order chi connectivity index (χ1) is 14.6. The number of furan rings is 1. The number of rotatable bonds is 7. The maximum absolute atomic E-state index is 13.1. The van der Waals surface area contributed by atoms with Crippen LogP contribution in [0.25, 0.3) is 0 Å². The van der Waals surface area contributed by atoms with Gasteiger partial charge in [-0.15, -0.1) is 0 Å². The number of benzene rings is 1. The second-order valence-corrected chi connectivity index (χ2v) is 6.77. The Morgan fingerprint density at radius 1 is 1.20 bits per heavy atom. The van der Waals surface area contributed by atoms with E-state index in [4.69, 9.17) is 9.15 Å². The van der Waals surface area contributed by atoms with Crippen LogP contribution < -0.4 is 4.74 Å². The molecule has 0 aliphatic carbocycles. The van der Waals surface area contributed by atoms with Crippen molar-refractivity contribution in [3.8, 4) is 5.75 Å². The second-order valence-electron chi connectivity index (χ2n) is 6.77. The number of hydrogen-bond acceptors (Lipinski definition) is 6. The highest BCUT2D eigenvalue weighted by atomic mass is 16.5. The average Bonchev–Trinajstić information content (AvgIpc) is 3.38. The molecule has 0 unspecified atom stereocenters. The Hall–Kier alpha value is -3.87. The van der Waals surface area contributed by atoms with Crippen molar-refractivity contribution in [2.75, 3.05) is 6.61 Å². The van der Waals surface area contributed by atoms with Crippen molar-refractivity contribution < 1.29 is 23.8 Å². The fourth-order valence-electron chi connectivity index (χ4n) is 3.56. The minimum Gasteiger partial charge on any atom is -0.503 e. The quantitative estimate of drug-likeness (QED) is 0.601. The highest BCUT2D eigenvalue weighted by Gasteiger charge is 2.44. The first-order valence-corrected chi connectivity index (χ1v) is 9.54. The van der Waals surface area contributed by atoms with Gasteiger partial charge in [0.2, 0.25) is 5.78 Å². The van der Waals surface area contributed by atoms with E-state index in [1.165, 1.54) is 17.2 Å². The first kappa shape index (κ1) is 19.4. The molecule has 0 radical (unpaired) electrons. The van der Waals surface area contributed by atoms with Gasteiger partial charge in [-0.25, -0.2) is 0 Å². The lowest BCUT2D eigenvalue weighted by molar-refractivity contribution is -0.130. The van der Waals surface area contributed by atoms with Crippen LogP contribution in [0.15, 0.2) is 82.9 Å². The Balaban J connectivity index is 1.80. The standard InChI is InChI=1S/C23H20N2O5/c1-2-29-17-6-3-5-16(13-17)20-19(21(26)18-7-4-12-30-18)22(27)23(28)25(20)14-15-8-10-24-11-9-15/h3-13,20,27H,2,14H2,1H3/t20-/m1/s1. The molecule has 4 rings (SSSR count). The maximum Gasteiger partial charge on any atom is 0.290 e. The van der Waals surface area contributed by atoms with Gasteiger partial charge in [0.15, 0.2) is 11.5 Å². The fraction of sp³-hybridized carbons (Fsp3) is 0.174. The summed E-state index contributed by atoms with van der Waals surface area (Å²) >= 11 is 0. The van der Waals surface area contributed by atoms with Crippen LogP contribution in [0.3, 0.4) is 0 Å². The van der Waals surface area contributed by atoms with E-state index in [1.807, 2.05) is 6.92 Å². The highest BCUT2D eigenvalue weighted by molar-refractivity contribution is 6.15. The molecule has 2 aromatic heterocycles. The van der Waals surface area contributed by atoms with Crippen molar-refractivity contribution in [1.29, 1.82) is 0 Å². The van der Waals surface area contributed by atoms with Gasteiger partial charge < -0.3 is 19.2 Å². The van der Waals surface area contributed by atoms with E-state index in [1.54, 1.807) is 54.9 Å². The largest absolute Gasteiger partial charge is 0.503 e. The maximum atomic E-state index is 13.1. The molecular formula is C23H20N2O5. The third-order valence-electron chi connectivity index (χ3n) is 4.88. The van der Waals surface area contributed by atoms with Crippen molar-refractivity contribution in [1.82, 2.24) is 9.88 Å². The van der Waals surface area contributed by atoms with E-state index in [-0.39, 0.29) is 17.9 Å². The predicted molar refractivity (Wildman–Crippen MR) is 108 cm³/mol. The minimum absolute atomic E-state index is 0.0161. The summed E-state index contributed by atoms with van der Waals surface area (Å²) in [5.41, 5.74) is 1.46.